The SMILES string of the molecule is N#CC[C@H]1CN(C(=O)c2cncc3ccccc23)CCN1C(c1ccccc1)c1ccccc1. The predicted octanol–water partition coefficient (Wildman–Crippen LogP) is 5.06. The number of hydrogen-bond acceptors (Lipinski definition) is 4. The van der Waals surface area contributed by atoms with Crippen LogP contribution in [0.1, 0.15) is 33.9 Å². The normalized spacial score (nSPS) is 16.5. The number of pyridine rings is 1. The Morgan fingerprint density at radius 1 is 0.912 bits per heavy atom. The Bertz CT molecular complexity index is 1270. The maximum Gasteiger partial charge on any atom is 0.256 e. The summed E-state index contributed by atoms with van der Waals surface area (Å²) in [5.41, 5.74) is 2.99. The quantitative estimate of drug-likeness (QED) is 0.430. The van der Waals surface area contributed by atoms with Crippen LogP contribution in [0.5, 0.6) is 0 Å². The molecule has 1 fully saturated rings. The third kappa shape index (κ3) is 4.28. The molecular formula is C29H26N4O. The van der Waals surface area contributed by atoms with Crippen molar-refractivity contribution in [1.82, 2.24) is 14.8 Å². The molecule has 5 rings (SSSR count). The summed E-state index contributed by atoms with van der Waals surface area (Å²) in [4.78, 5) is 22.1. The van der Waals surface area contributed by atoms with Crippen molar-refractivity contribution >= 4 is 16.7 Å². The summed E-state index contributed by atoms with van der Waals surface area (Å²) in [6.07, 6.45) is 3.80. The molecule has 5 heteroatoms. The molecule has 0 saturated carbocycles. The van der Waals surface area contributed by atoms with Crippen molar-refractivity contribution in [2.45, 2.75) is 18.5 Å². The lowest BCUT2D eigenvalue weighted by Crippen LogP contribution is -2.55. The summed E-state index contributed by atoms with van der Waals surface area (Å²) in [7, 11) is 0. The first kappa shape index (κ1) is 21.8. The zero-order chi connectivity index (χ0) is 23.3. The number of benzene rings is 3. The molecule has 34 heavy (non-hydrogen) atoms. The van der Waals surface area contributed by atoms with E-state index in [-0.39, 0.29) is 18.0 Å². The zero-order valence-corrected chi connectivity index (χ0v) is 18.9. The fraction of sp³-hybridized carbons (Fsp3) is 0.207. The van der Waals surface area contributed by atoms with E-state index in [0.717, 1.165) is 10.8 Å². The van der Waals surface area contributed by atoms with Crippen LogP contribution in [-0.2, 0) is 0 Å². The molecule has 1 atom stereocenters. The molecular weight excluding hydrogens is 420 g/mol. The number of nitrogens with zero attached hydrogens (tertiary/aromatic N) is 4. The van der Waals surface area contributed by atoms with Gasteiger partial charge in [0.2, 0.25) is 0 Å². The van der Waals surface area contributed by atoms with Crippen LogP contribution in [0.4, 0.5) is 0 Å². The highest BCUT2D eigenvalue weighted by Crippen LogP contribution is 2.33. The smallest absolute Gasteiger partial charge is 0.256 e. The summed E-state index contributed by atoms with van der Waals surface area (Å²) in [5, 5.41) is 11.5. The Hall–Kier alpha value is -4.01. The molecule has 1 saturated heterocycles. The Morgan fingerprint density at radius 3 is 2.24 bits per heavy atom. The van der Waals surface area contributed by atoms with Crippen LogP contribution in [0.15, 0.2) is 97.3 Å². The van der Waals surface area contributed by atoms with Crippen molar-refractivity contribution in [2.75, 3.05) is 19.6 Å². The monoisotopic (exact) mass is 446 g/mol. The number of carbonyl (C=O) groups excluding carboxylic acids is 1. The van der Waals surface area contributed by atoms with Crippen molar-refractivity contribution in [3.05, 3.63) is 114 Å². The van der Waals surface area contributed by atoms with E-state index in [2.05, 4.69) is 64.5 Å². The molecule has 0 bridgehead atoms. The van der Waals surface area contributed by atoms with Crippen molar-refractivity contribution in [2.24, 2.45) is 0 Å². The molecule has 0 aliphatic carbocycles. The van der Waals surface area contributed by atoms with E-state index in [4.69, 9.17) is 0 Å². The van der Waals surface area contributed by atoms with Crippen LogP contribution in [0.3, 0.4) is 0 Å². The van der Waals surface area contributed by atoms with E-state index >= 15 is 0 Å². The number of rotatable bonds is 5. The lowest BCUT2D eigenvalue weighted by atomic mass is 9.93. The van der Waals surface area contributed by atoms with Gasteiger partial charge in [-0.3, -0.25) is 14.7 Å². The van der Waals surface area contributed by atoms with Crippen molar-refractivity contribution < 1.29 is 4.79 Å². The number of hydrogen-bond donors (Lipinski definition) is 0. The molecule has 0 radical (unpaired) electrons. The second-order valence-corrected chi connectivity index (χ2v) is 8.64. The van der Waals surface area contributed by atoms with Gasteiger partial charge < -0.3 is 4.90 Å². The van der Waals surface area contributed by atoms with Crippen LogP contribution in [0.25, 0.3) is 10.8 Å². The predicted molar refractivity (Wildman–Crippen MR) is 133 cm³/mol. The van der Waals surface area contributed by atoms with Crippen molar-refractivity contribution in [3.8, 4) is 6.07 Å². The van der Waals surface area contributed by atoms with Gasteiger partial charge in [-0.05, 0) is 16.5 Å². The van der Waals surface area contributed by atoms with Gasteiger partial charge in [-0.2, -0.15) is 5.26 Å². The molecule has 1 amide bonds. The van der Waals surface area contributed by atoms with E-state index in [9.17, 15) is 10.1 Å². The lowest BCUT2D eigenvalue weighted by molar-refractivity contribution is 0.0396. The van der Waals surface area contributed by atoms with Crippen LogP contribution < -0.4 is 0 Å². The fourth-order valence-electron chi connectivity index (χ4n) is 4.98. The van der Waals surface area contributed by atoms with Gasteiger partial charge in [0.05, 0.1) is 24.1 Å². The topological polar surface area (TPSA) is 60.2 Å². The Balaban J connectivity index is 1.46. The first-order valence-corrected chi connectivity index (χ1v) is 11.6. The van der Waals surface area contributed by atoms with Gasteiger partial charge in [0.1, 0.15) is 0 Å². The van der Waals surface area contributed by atoms with E-state index in [1.807, 2.05) is 41.3 Å². The van der Waals surface area contributed by atoms with Crippen LogP contribution in [-0.4, -0.2) is 46.4 Å². The lowest BCUT2D eigenvalue weighted by Gasteiger charge is -2.45. The Morgan fingerprint density at radius 2 is 1.56 bits per heavy atom. The summed E-state index contributed by atoms with van der Waals surface area (Å²) >= 11 is 0. The maximum absolute atomic E-state index is 13.6. The molecule has 1 aliphatic heterocycles. The summed E-state index contributed by atoms with van der Waals surface area (Å²) in [5.74, 6) is -0.0251. The molecule has 3 aromatic carbocycles. The number of amides is 1. The van der Waals surface area contributed by atoms with Gasteiger partial charge in [0.15, 0.2) is 0 Å². The fourth-order valence-corrected chi connectivity index (χ4v) is 4.98. The molecule has 0 spiro atoms. The molecule has 1 aliphatic rings. The standard InChI is InChI=1S/C29H26N4O/c30-16-15-25-21-32(29(34)27-20-31-19-24-13-7-8-14-26(24)27)17-18-33(25)28(22-9-3-1-4-10-22)23-11-5-2-6-12-23/h1-14,19-20,25,28H,15,17-18,21H2/t25-/m0/s1. The van der Waals surface area contributed by atoms with Gasteiger partial charge in [-0.15, -0.1) is 0 Å². The highest BCUT2D eigenvalue weighted by Gasteiger charge is 2.35. The molecule has 0 unspecified atom stereocenters. The number of aromatic nitrogens is 1. The molecule has 2 heterocycles. The molecule has 4 aromatic rings. The number of nitriles is 1. The number of piperazine rings is 1. The first-order chi connectivity index (χ1) is 16.8. The van der Waals surface area contributed by atoms with E-state index in [1.54, 1.807) is 12.4 Å². The van der Waals surface area contributed by atoms with Gasteiger partial charge >= 0.3 is 0 Å². The average Bonchev–Trinajstić information content (AvgIpc) is 2.90. The Kier molecular flexibility index (Phi) is 6.33. The summed E-state index contributed by atoms with van der Waals surface area (Å²) < 4.78 is 0. The highest BCUT2D eigenvalue weighted by atomic mass is 16.2. The van der Waals surface area contributed by atoms with Crippen LogP contribution in [0.2, 0.25) is 0 Å². The molecule has 1 aromatic heterocycles. The Labute approximate surface area is 199 Å². The first-order valence-electron chi connectivity index (χ1n) is 11.6. The minimum Gasteiger partial charge on any atom is -0.336 e. The number of fused-ring (bicyclic) bond motifs is 1. The van der Waals surface area contributed by atoms with E-state index < -0.39 is 0 Å². The zero-order valence-electron chi connectivity index (χ0n) is 18.9. The van der Waals surface area contributed by atoms with Crippen molar-refractivity contribution in [1.29, 1.82) is 5.26 Å². The van der Waals surface area contributed by atoms with Crippen LogP contribution >= 0.6 is 0 Å². The number of carbonyl (C=O) groups is 1. The summed E-state index contributed by atoms with van der Waals surface area (Å²) in [6, 6.07) is 31.0. The third-order valence-corrected chi connectivity index (χ3v) is 6.60. The summed E-state index contributed by atoms with van der Waals surface area (Å²) in [6.45, 7) is 1.79. The minimum atomic E-state index is -0.0731. The van der Waals surface area contributed by atoms with E-state index in [0.29, 0.717) is 31.6 Å². The van der Waals surface area contributed by atoms with Gasteiger partial charge in [-0.1, -0.05) is 84.9 Å². The third-order valence-electron chi connectivity index (χ3n) is 6.60. The highest BCUT2D eigenvalue weighted by molar-refractivity contribution is 6.06. The van der Waals surface area contributed by atoms with Gasteiger partial charge in [0, 0.05) is 43.5 Å². The largest absolute Gasteiger partial charge is 0.336 e. The molecule has 0 N–H and O–H groups in total. The second kappa shape index (κ2) is 9.86. The molecule has 168 valence electrons. The maximum atomic E-state index is 13.6. The van der Waals surface area contributed by atoms with Crippen LogP contribution in [0, 0.1) is 11.3 Å². The van der Waals surface area contributed by atoms with Crippen molar-refractivity contribution in [3.63, 3.8) is 0 Å². The average molecular weight is 447 g/mol. The van der Waals surface area contributed by atoms with Gasteiger partial charge in [0.25, 0.3) is 5.91 Å². The minimum absolute atomic E-state index is 0.0251. The van der Waals surface area contributed by atoms with E-state index in [1.165, 1.54) is 11.1 Å². The van der Waals surface area contributed by atoms with Gasteiger partial charge in [-0.25, -0.2) is 0 Å². The molecule has 5 nitrogen and oxygen atoms in total. The second-order valence-electron chi connectivity index (χ2n) is 8.64.